The fourth-order valence-electron chi connectivity index (χ4n) is 1.82. The number of nitrogens with one attached hydrogen (secondary N) is 1. The number of sulfonamides is 1. The first-order valence-electron chi connectivity index (χ1n) is 5.84. The Morgan fingerprint density at radius 1 is 1.33 bits per heavy atom. The third kappa shape index (κ3) is 4.43. The summed E-state index contributed by atoms with van der Waals surface area (Å²) in [6, 6.07) is -0.233. The Kier molecular flexibility index (Phi) is 5.36. The number of urea groups is 1. The number of carbonyl (C=O) groups excluding carboxylic acids is 1. The highest BCUT2D eigenvalue weighted by Gasteiger charge is 2.26. The van der Waals surface area contributed by atoms with E-state index in [0.29, 0.717) is 32.8 Å². The molecule has 1 saturated heterocycles. The quantitative estimate of drug-likeness (QED) is 0.738. The molecule has 1 aliphatic heterocycles. The van der Waals surface area contributed by atoms with Crippen LogP contribution in [-0.4, -0.2) is 75.8 Å². The van der Waals surface area contributed by atoms with Gasteiger partial charge in [0, 0.05) is 33.3 Å². The van der Waals surface area contributed by atoms with Gasteiger partial charge >= 0.3 is 6.03 Å². The van der Waals surface area contributed by atoms with E-state index in [4.69, 9.17) is 4.74 Å². The Bertz CT molecular complexity index is 377. The number of amides is 2. The molecule has 7 nitrogen and oxygen atoms in total. The van der Waals surface area contributed by atoms with Gasteiger partial charge in [0.2, 0.25) is 10.0 Å². The molecular formula is C10H21N3O4S. The maximum atomic E-state index is 11.8. The number of nitrogens with zero attached hydrogens (tertiary/aromatic N) is 2. The highest BCUT2D eigenvalue weighted by molar-refractivity contribution is 7.88. The minimum atomic E-state index is -3.15. The summed E-state index contributed by atoms with van der Waals surface area (Å²) in [6.45, 7) is 3.84. The van der Waals surface area contributed by atoms with Crippen molar-refractivity contribution in [3.05, 3.63) is 0 Å². The smallest absolute Gasteiger partial charge is 0.317 e. The van der Waals surface area contributed by atoms with E-state index in [1.165, 1.54) is 10.6 Å². The van der Waals surface area contributed by atoms with E-state index in [9.17, 15) is 13.2 Å². The minimum Gasteiger partial charge on any atom is -0.383 e. The zero-order valence-electron chi connectivity index (χ0n) is 11.0. The number of carbonyl (C=O) groups is 1. The zero-order valence-corrected chi connectivity index (χ0v) is 11.9. The first kappa shape index (κ1) is 15.2. The lowest BCUT2D eigenvalue weighted by molar-refractivity contribution is 0.149. The van der Waals surface area contributed by atoms with Gasteiger partial charge in [0.25, 0.3) is 0 Å². The molecule has 1 aliphatic rings. The molecule has 106 valence electrons. The molecule has 1 N–H and O–H groups in total. The van der Waals surface area contributed by atoms with Crippen LogP contribution in [0.5, 0.6) is 0 Å². The number of hydrogen-bond donors (Lipinski definition) is 1. The summed E-state index contributed by atoms with van der Waals surface area (Å²) in [5.74, 6) is 0. The number of rotatable bonds is 4. The van der Waals surface area contributed by atoms with Gasteiger partial charge in [0.15, 0.2) is 0 Å². The topological polar surface area (TPSA) is 79.0 Å². The van der Waals surface area contributed by atoms with E-state index in [1.54, 1.807) is 12.0 Å². The Labute approximate surface area is 108 Å². The molecule has 0 aromatic heterocycles. The van der Waals surface area contributed by atoms with Crippen LogP contribution in [-0.2, 0) is 14.8 Å². The summed E-state index contributed by atoms with van der Waals surface area (Å²) in [7, 11) is -1.57. The second kappa shape index (κ2) is 6.35. The van der Waals surface area contributed by atoms with E-state index in [1.807, 2.05) is 6.92 Å². The van der Waals surface area contributed by atoms with E-state index in [0.717, 1.165) is 0 Å². The molecule has 18 heavy (non-hydrogen) atoms. The van der Waals surface area contributed by atoms with Crippen LogP contribution in [0.4, 0.5) is 4.79 Å². The van der Waals surface area contributed by atoms with Crippen LogP contribution in [0.3, 0.4) is 0 Å². The van der Waals surface area contributed by atoms with E-state index in [2.05, 4.69) is 5.32 Å². The number of ether oxygens (including phenoxy) is 1. The molecule has 0 spiro atoms. The molecule has 0 aromatic carbocycles. The lowest BCUT2D eigenvalue weighted by atomic mass is 10.3. The standard InChI is InChI=1S/C10H21N3O4S/c1-9(8-17-2)11-10(14)12-4-6-13(7-5-12)18(3,15)16/h9H,4-8H2,1-3H3,(H,11,14)/t9-/m1/s1. The third-order valence-corrected chi connectivity index (χ3v) is 4.08. The summed E-state index contributed by atoms with van der Waals surface area (Å²) in [5.41, 5.74) is 0. The number of piperazine rings is 1. The van der Waals surface area contributed by atoms with Crippen molar-refractivity contribution in [2.24, 2.45) is 0 Å². The average molecular weight is 279 g/mol. The van der Waals surface area contributed by atoms with Crippen LogP contribution < -0.4 is 5.32 Å². The van der Waals surface area contributed by atoms with Crippen molar-refractivity contribution >= 4 is 16.1 Å². The highest BCUT2D eigenvalue weighted by Crippen LogP contribution is 2.06. The Morgan fingerprint density at radius 2 is 1.89 bits per heavy atom. The molecule has 8 heteroatoms. The van der Waals surface area contributed by atoms with Crippen molar-refractivity contribution in [3.63, 3.8) is 0 Å². The van der Waals surface area contributed by atoms with Crippen molar-refractivity contribution < 1.29 is 17.9 Å². The molecule has 0 radical (unpaired) electrons. The summed E-state index contributed by atoms with van der Waals surface area (Å²) >= 11 is 0. The Balaban J connectivity index is 2.41. The van der Waals surface area contributed by atoms with Crippen LogP contribution in [0.25, 0.3) is 0 Å². The molecule has 1 rings (SSSR count). The monoisotopic (exact) mass is 279 g/mol. The SMILES string of the molecule is COC[C@@H](C)NC(=O)N1CCN(S(C)(=O)=O)CC1. The van der Waals surface area contributed by atoms with Gasteiger partial charge in [-0.1, -0.05) is 0 Å². The molecule has 1 atom stereocenters. The van der Waals surface area contributed by atoms with Gasteiger partial charge in [-0.25, -0.2) is 13.2 Å². The van der Waals surface area contributed by atoms with Gasteiger partial charge in [-0.2, -0.15) is 4.31 Å². The normalized spacial score (nSPS) is 19.6. The lowest BCUT2D eigenvalue weighted by Gasteiger charge is -2.33. The minimum absolute atomic E-state index is 0.0598. The molecule has 0 saturated carbocycles. The fourth-order valence-corrected chi connectivity index (χ4v) is 2.64. The molecule has 0 bridgehead atoms. The third-order valence-electron chi connectivity index (χ3n) is 2.78. The Hall–Kier alpha value is -0.860. The van der Waals surface area contributed by atoms with Crippen molar-refractivity contribution in [3.8, 4) is 0 Å². The highest BCUT2D eigenvalue weighted by atomic mass is 32.2. The lowest BCUT2D eigenvalue weighted by Crippen LogP contribution is -2.54. The van der Waals surface area contributed by atoms with Crippen molar-refractivity contribution in [2.75, 3.05) is 46.2 Å². The van der Waals surface area contributed by atoms with E-state index in [-0.39, 0.29) is 12.1 Å². The van der Waals surface area contributed by atoms with Crippen molar-refractivity contribution in [1.29, 1.82) is 0 Å². The van der Waals surface area contributed by atoms with Crippen molar-refractivity contribution in [1.82, 2.24) is 14.5 Å². The second-order valence-electron chi connectivity index (χ2n) is 4.45. The Morgan fingerprint density at radius 3 is 2.33 bits per heavy atom. The van der Waals surface area contributed by atoms with Gasteiger partial charge in [-0.3, -0.25) is 0 Å². The van der Waals surface area contributed by atoms with Crippen LogP contribution in [0.1, 0.15) is 6.92 Å². The summed E-state index contributed by atoms with van der Waals surface area (Å²) in [5, 5.41) is 2.80. The summed E-state index contributed by atoms with van der Waals surface area (Å²) in [4.78, 5) is 13.4. The predicted octanol–water partition coefficient (Wildman–Crippen LogP) is -0.692. The zero-order chi connectivity index (χ0) is 13.8. The maximum Gasteiger partial charge on any atom is 0.317 e. The molecule has 2 amide bonds. The van der Waals surface area contributed by atoms with Crippen LogP contribution >= 0.6 is 0 Å². The first-order chi connectivity index (χ1) is 8.34. The molecular weight excluding hydrogens is 258 g/mol. The first-order valence-corrected chi connectivity index (χ1v) is 7.69. The van der Waals surface area contributed by atoms with Crippen molar-refractivity contribution in [2.45, 2.75) is 13.0 Å². The van der Waals surface area contributed by atoms with Gasteiger partial charge in [0.05, 0.1) is 18.9 Å². The van der Waals surface area contributed by atoms with Crippen LogP contribution in [0.2, 0.25) is 0 Å². The predicted molar refractivity (Wildman–Crippen MR) is 67.9 cm³/mol. The number of methoxy groups -OCH3 is 1. The van der Waals surface area contributed by atoms with Crippen LogP contribution in [0.15, 0.2) is 0 Å². The van der Waals surface area contributed by atoms with Gasteiger partial charge in [-0.15, -0.1) is 0 Å². The molecule has 1 heterocycles. The molecule has 0 aromatic rings. The van der Waals surface area contributed by atoms with Gasteiger partial charge in [-0.05, 0) is 6.92 Å². The second-order valence-corrected chi connectivity index (χ2v) is 6.44. The van der Waals surface area contributed by atoms with Crippen LogP contribution in [0, 0.1) is 0 Å². The summed E-state index contributed by atoms with van der Waals surface area (Å²) in [6.07, 6.45) is 1.18. The summed E-state index contributed by atoms with van der Waals surface area (Å²) < 4.78 is 28.9. The van der Waals surface area contributed by atoms with E-state index >= 15 is 0 Å². The molecule has 0 aliphatic carbocycles. The van der Waals surface area contributed by atoms with E-state index < -0.39 is 10.0 Å². The van der Waals surface area contributed by atoms with Gasteiger partial charge in [0.1, 0.15) is 0 Å². The molecule has 0 unspecified atom stereocenters. The largest absolute Gasteiger partial charge is 0.383 e. The maximum absolute atomic E-state index is 11.8. The van der Waals surface area contributed by atoms with Gasteiger partial charge < -0.3 is 15.0 Å². The molecule has 1 fully saturated rings. The number of hydrogen-bond acceptors (Lipinski definition) is 4. The average Bonchev–Trinajstić information content (AvgIpc) is 2.28. The fraction of sp³-hybridized carbons (Fsp3) is 0.900.